The predicted molar refractivity (Wildman–Crippen MR) is 71.9 cm³/mol. The highest BCUT2D eigenvalue weighted by Crippen LogP contribution is 2.12. The summed E-state index contributed by atoms with van der Waals surface area (Å²) in [5.74, 6) is -0.0880. The molecule has 2 rings (SSSR count). The number of nitrogens with one attached hydrogen (secondary N) is 1. The smallest absolute Gasteiger partial charge is 0.222 e. The van der Waals surface area contributed by atoms with Crippen LogP contribution in [0.15, 0.2) is 48.9 Å². The highest BCUT2D eigenvalue weighted by Gasteiger charge is 2.11. The molecular formula is C14H16N4O. The highest BCUT2D eigenvalue weighted by atomic mass is 16.1. The fourth-order valence-corrected chi connectivity index (χ4v) is 1.70. The van der Waals surface area contributed by atoms with Crippen LogP contribution in [-0.4, -0.2) is 15.9 Å². The summed E-state index contributed by atoms with van der Waals surface area (Å²) in [4.78, 5) is 19.6. The summed E-state index contributed by atoms with van der Waals surface area (Å²) in [6.07, 6.45) is 3.36. The second kappa shape index (κ2) is 6.61. The van der Waals surface area contributed by atoms with Crippen molar-refractivity contribution >= 4 is 5.91 Å². The molecule has 3 N–H and O–H groups in total. The minimum absolute atomic E-state index is 0.0880. The van der Waals surface area contributed by atoms with Crippen LogP contribution >= 0.6 is 0 Å². The Morgan fingerprint density at radius 1 is 1.26 bits per heavy atom. The maximum atomic E-state index is 11.8. The van der Waals surface area contributed by atoms with Gasteiger partial charge in [0.1, 0.15) is 6.33 Å². The van der Waals surface area contributed by atoms with Gasteiger partial charge in [0.15, 0.2) is 0 Å². The third-order valence-electron chi connectivity index (χ3n) is 2.74. The van der Waals surface area contributed by atoms with Crippen molar-refractivity contribution in [3.8, 4) is 0 Å². The van der Waals surface area contributed by atoms with Crippen molar-refractivity contribution in [1.29, 1.82) is 0 Å². The largest absolute Gasteiger partial charge is 0.350 e. The summed E-state index contributed by atoms with van der Waals surface area (Å²) in [7, 11) is 0. The zero-order valence-electron chi connectivity index (χ0n) is 10.5. The third kappa shape index (κ3) is 4.15. The van der Waals surface area contributed by atoms with E-state index in [1.165, 1.54) is 6.33 Å². The molecule has 0 spiro atoms. The second-order valence-corrected chi connectivity index (χ2v) is 4.20. The van der Waals surface area contributed by atoms with Gasteiger partial charge in [0, 0.05) is 18.7 Å². The standard InChI is InChI=1S/C14H16N4O/c15-13(11-4-2-1-3-5-11)8-14(19)17-9-12-6-7-16-10-18-12/h1-7,10,13H,8-9,15H2,(H,17,19). The fraction of sp³-hybridized carbons (Fsp3) is 0.214. The number of nitrogens with two attached hydrogens (primary N) is 1. The molecule has 98 valence electrons. The molecular weight excluding hydrogens is 240 g/mol. The molecule has 1 heterocycles. The first-order valence-electron chi connectivity index (χ1n) is 6.08. The molecule has 5 heteroatoms. The lowest BCUT2D eigenvalue weighted by atomic mass is 10.0. The van der Waals surface area contributed by atoms with Crippen LogP contribution in [0.25, 0.3) is 0 Å². The number of aromatic nitrogens is 2. The molecule has 0 bridgehead atoms. The Morgan fingerprint density at radius 3 is 2.74 bits per heavy atom. The summed E-state index contributed by atoms with van der Waals surface area (Å²) in [5, 5.41) is 2.79. The quantitative estimate of drug-likeness (QED) is 0.841. The molecule has 19 heavy (non-hydrogen) atoms. The highest BCUT2D eigenvalue weighted by molar-refractivity contribution is 5.76. The number of rotatable bonds is 5. The van der Waals surface area contributed by atoms with E-state index in [2.05, 4.69) is 15.3 Å². The van der Waals surface area contributed by atoms with E-state index in [1.807, 2.05) is 30.3 Å². The molecule has 0 aliphatic carbocycles. The number of carbonyl (C=O) groups excluding carboxylic acids is 1. The van der Waals surface area contributed by atoms with Gasteiger partial charge >= 0.3 is 0 Å². The van der Waals surface area contributed by atoms with Gasteiger partial charge in [0.05, 0.1) is 12.2 Å². The van der Waals surface area contributed by atoms with Crippen molar-refractivity contribution < 1.29 is 4.79 Å². The van der Waals surface area contributed by atoms with E-state index >= 15 is 0 Å². The summed E-state index contributed by atoms with van der Waals surface area (Å²) < 4.78 is 0. The van der Waals surface area contributed by atoms with Crippen LogP contribution in [0.3, 0.4) is 0 Å². The van der Waals surface area contributed by atoms with Gasteiger partial charge in [-0.15, -0.1) is 0 Å². The number of carbonyl (C=O) groups is 1. The Kier molecular flexibility index (Phi) is 4.58. The Bertz CT molecular complexity index is 515. The number of amides is 1. The van der Waals surface area contributed by atoms with Crippen LogP contribution in [0.5, 0.6) is 0 Å². The summed E-state index contributed by atoms with van der Waals surface area (Å²) in [5.41, 5.74) is 7.71. The zero-order valence-corrected chi connectivity index (χ0v) is 10.5. The molecule has 1 aromatic carbocycles. The van der Waals surface area contributed by atoms with Crippen molar-refractivity contribution in [2.24, 2.45) is 5.73 Å². The average Bonchev–Trinajstić information content (AvgIpc) is 2.47. The molecule has 1 unspecified atom stereocenters. The monoisotopic (exact) mass is 256 g/mol. The van der Waals surface area contributed by atoms with Crippen molar-refractivity contribution in [1.82, 2.24) is 15.3 Å². The lowest BCUT2D eigenvalue weighted by molar-refractivity contribution is -0.121. The molecule has 1 aromatic heterocycles. The van der Waals surface area contributed by atoms with E-state index in [-0.39, 0.29) is 18.4 Å². The van der Waals surface area contributed by atoms with E-state index < -0.39 is 0 Å². The van der Waals surface area contributed by atoms with Crippen LogP contribution in [-0.2, 0) is 11.3 Å². The minimum Gasteiger partial charge on any atom is -0.350 e. The van der Waals surface area contributed by atoms with Gasteiger partial charge in [-0.05, 0) is 11.6 Å². The number of hydrogen-bond acceptors (Lipinski definition) is 4. The van der Waals surface area contributed by atoms with E-state index in [1.54, 1.807) is 12.3 Å². The van der Waals surface area contributed by atoms with Gasteiger partial charge in [0.2, 0.25) is 5.91 Å². The molecule has 5 nitrogen and oxygen atoms in total. The molecule has 0 saturated heterocycles. The first-order chi connectivity index (χ1) is 9.25. The topological polar surface area (TPSA) is 80.9 Å². The van der Waals surface area contributed by atoms with Gasteiger partial charge in [-0.3, -0.25) is 4.79 Å². The molecule has 1 atom stereocenters. The Morgan fingerprint density at radius 2 is 2.05 bits per heavy atom. The van der Waals surface area contributed by atoms with E-state index in [0.29, 0.717) is 6.54 Å². The minimum atomic E-state index is -0.286. The van der Waals surface area contributed by atoms with Crippen LogP contribution in [0.4, 0.5) is 0 Å². The van der Waals surface area contributed by atoms with Crippen LogP contribution < -0.4 is 11.1 Å². The number of nitrogens with zero attached hydrogens (tertiary/aromatic N) is 2. The summed E-state index contributed by atoms with van der Waals surface area (Å²) >= 11 is 0. The van der Waals surface area contributed by atoms with Crippen LogP contribution in [0.1, 0.15) is 23.7 Å². The number of hydrogen-bond donors (Lipinski definition) is 2. The molecule has 0 saturated carbocycles. The Labute approximate surface area is 111 Å². The molecule has 2 aromatic rings. The van der Waals surface area contributed by atoms with Gasteiger partial charge < -0.3 is 11.1 Å². The second-order valence-electron chi connectivity index (χ2n) is 4.20. The Balaban J connectivity index is 1.82. The third-order valence-corrected chi connectivity index (χ3v) is 2.74. The van der Waals surface area contributed by atoms with Crippen LogP contribution in [0, 0.1) is 0 Å². The normalized spacial score (nSPS) is 11.8. The lowest BCUT2D eigenvalue weighted by Crippen LogP contribution is -2.27. The molecule has 0 fully saturated rings. The SMILES string of the molecule is NC(CC(=O)NCc1ccncn1)c1ccccc1. The van der Waals surface area contributed by atoms with Crippen molar-refractivity contribution in [2.75, 3.05) is 0 Å². The van der Waals surface area contributed by atoms with Crippen LogP contribution in [0.2, 0.25) is 0 Å². The first-order valence-corrected chi connectivity index (χ1v) is 6.08. The van der Waals surface area contributed by atoms with Crippen molar-refractivity contribution in [3.63, 3.8) is 0 Å². The summed E-state index contributed by atoms with van der Waals surface area (Å²) in [6.45, 7) is 0.392. The van der Waals surface area contributed by atoms with E-state index in [9.17, 15) is 4.79 Å². The maximum absolute atomic E-state index is 11.8. The maximum Gasteiger partial charge on any atom is 0.222 e. The molecule has 0 radical (unpaired) electrons. The summed E-state index contributed by atoms with van der Waals surface area (Å²) in [6, 6.07) is 11.1. The predicted octanol–water partition coefficient (Wildman–Crippen LogP) is 1.18. The average molecular weight is 256 g/mol. The Hall–Kier alpha value is -2.27. The van der Waals surface area contributed by atoms with Gasteiger partial charge in [-0.25, -0.2) is 9.97 Å². The first kappa shape index (κ1) is 13.2. The van der Waals surface area contributed by atoms with Crippen molar-refractivity contribution in [3.05, 3.63) is 60.2 Å². The molecule has 0 aliphatic heterocycles. The van der Waals surface area contributed by atoms with E-state index in [4.69, 9.17) is 5.73 Å². The van der Waals surface area contributed by atoms with Crippen molar-refractivity contribution in [2.45, 2.75) is 19.0 Å². The van der Waals surface area contributed by atoms with E-state index in [0.717, 1.165) is 11.3 Å². The molecule has 0 aliphatic rings. The zero-order chi connectivity index (χ0) is 13.5. The van der Waals surface area contributed by atoms with Gasteiger partial charge in [0.25, 0.3) is 0 Å². The molecule has 1 amide bonds. The fourth-order valence-electron chi connectivity index (χ4n) is 1.70. The van der Waals surface area contributed by atoms with Gasteiger partial charge in [-0.1, -0.05) is 30.3 Å². The number of benzene rings is 1. The lowest BCUT2D eigenvalue weighted by Gasteiger charge is -2.11. The van der Waals surface area contributed by atoms with Gasteiger partial charge in [-0.2, -0.15) is 0 Å².